The Morgan fingerprint density at radius 1 is 1.67 bits per heavy atom. The van der Waals surface area contributed by atoms with E-state index in [1.165, 1.54) is 28.7 Å². The lowest BCUT2D eigenvalue weighted by molar-refractivity contribution is 0.161. The number of likely N-dealkylation sites (tertiary alicyclic amines) is 1. The molecular weight excluding hydrogens is 272 g/mol. The van der Waals surface area contributed by atoms with Gasteiger partial charge in [0.2, 0.25) is 0 Å². The lowest BCUT2D eigenvalue weighted by Crippen LogP contribution is -2.43. The molecule has 1 fully saturated rings. The maximum atomic E-state index is 6.00. The Morgan fingerprint density at radius 2 is 2.47 bits per heavy atom. The predicted molar refractivity (Wildman–Crippen MR) is 69.2 cm³/mol. The molecule has 2 N–H and O–H groups in total. The Labute approximate surface area is 104 Å². The van der Waals surface area contributed by atoms with Gasteiger partial charge in [-0.3, -0.25) is 4.90 Å². The van der Waals surface area contributed by atoms with Crippen molar-refractivity contribution in [1.82, 2.24) is 4.90 Å². The Kier molecular flexibility index (Phi) is 3.83. The first kappa shape index (κ1) is 11.6. The molecule has 2 atom stereocenters. The largest absolute Gasteiger partial charge is 0.327 e. The summed E-state index contributed by atoms with van der Waals surface area (Å²) < 4.78 is 1.19. The topological polar surface area (TPSA) is 29.3 Å². The summed E-state index contributed by atoms with van der Waals surface area (Å²) >= 11 is 5.33. The number of hydrogen-bond donors (Lipinski definition) is 1. The first-order chi connectivity index (χ1) is 7.16. The van der Waals surface area contributed by atoms with Gasteiger partial charge in [0, 0.05) is 33.4 Å². The normalized spacial score (nSPS) is 25.4. The van der Waals surface area contributed by atoms with Gasteiger partial charge in [0.15, 0.2) is 0 Å². The molecule has 2 rings (SSSR count). The van der Waals surface area contributed by atoms with E-state index in [-0.39, 0.29) is 0 Å². The molecule has 0 spiro atoms. The number of nitrogens with zero attached hydrogens (tertiary/aromatic N) is 1. The third-order valence-electron chi connectivity index (χ3n) is 3.04. The summed E-state index contributed by atoms with van der Waals surface area (Å²) in [7, 11) is 0. The molecule has 2 unspecified atom stereocenters. The first-order valence-corrected chi connectivity index (χ1v) is 7.07. The van der Waals surface area contributed by atoms with Crippen LogP contribution in [0.1, 0.15) is 30.7 Å². The van der Waals surface area contributed by atoms with E-state index >= 15 is 0 Å². The molecule has 1 saturated heterocycles. The highest BCUT2D eigenvalue weighted by atomic mass is 79.9. The Bertz CT molecular complexity index is 326. The van der Waals surface area contributed by atoms with Crippen molar-refractivity contribution in [2.75, 3.05) is 13.1 Å². The molecule has 15 heavy (non-hydrogen) atoms. The minimum absolute atomic E-state index is 0.365. The molecule has 1 aliphatic heterocycles. The van der Waals surface area contributed by atoms with E-state index in [0.29, 0.717) is 12.1 Å². The molecular formula is C11H17BrN2S. The van der Waals surface area contributed by atoms with Crippen LogP contribution < -0.4 is 5.73 Å². The van der Waals surface area contributed by atoms with Crippen molar-refractivity contribution >= 4 is 27.3 Å². The van der Waals surface area contributed by atoms with Crippen LogP contribution in [0.25, 0.3) is 0 Å². The summed E-state index contributed by atoms with van der Waals surface area (Å²) in [6, 6.07) is 3.09. The zero-order valence-electron chi connectivity index (χ0n) is 8.95. The van der Waals surface area contributed by atoms with Gasteiger partial charge < -0.3 is 5.73 Å². The zero-order valence-corrected chi connectivity index (χ0v) is 11.4. The van der Waals surface area contributed by atoms with Crippen molar-refractivity contribution in [3.63, 3.8) is 0 Å². The van der Waals surface area contributed by atoms with E-state index in [4.69, 9.17) is 5.73 Å². The maximum absolute atomic E-state index is 6.00. The van der Waals surface area contributed by atoms with Gasteiger partial charge in [-0.15, -0.1) is 11.3 Å². The third kappa shape index (κ3) is 2.81. The number of thiophene rings is 1. The van der Waals surface area contributed by atoms with Gasteiger partial charge in [-0.2, -0.15) is 0 Å². The van der Waals surface area contributed by atoms with Crippen LogP contribution in [0.4, 0.5) is 0 Å². The average molecular weight is 289 g/mol. The molecule has 1 aromatic rings. The van der Waals surface area contributed by atoms with E-state index in [1.807, 2.05) is 11.3 Å². The molecule has 0 aliphatic carbocycles. The number of halogens is 1. The van der Waals surface area contributed by atoms with Crippen molar-refractivity contribution in [1.29, 1.82) is 0 Å². The van der Waals surface area contributed by atoms with Crippen LogP contribution in [0.15, 0.2) is 15.9 Å². The lowest BCUT2D eigenvalue weighted by Gasteiger charge is -2.34. The SMILES string of the molecule is CC(c1cc(Br)cs1)N1CCCC(N)C1. The third-order valence-corrected chi connectivity index (χ3v) is 4.90. The molecule has 1 aliphatic rings. The van der Waals surface area contributed by atoms with Gasteiger partial charge in [-0.1, -0.05) is 0 Å². The molecule has 2 heterocycles. The summed E-state index contributed by atoms with van der Waals surface area (Å²) in [6.07, 6.45) is 2.41. The van der Waals surface area contributed by atoms with Crippen molar-refractivity contribution < 1.29 is 0 Å². The molecule has 0 aromatic carbocycles. The highest BCUT2D eigenvalue weighted by Gasteiger charge is 2.22. The molecule has 0 saturated carbocycles. The second kappa shape index (κ2) is 4.95. The highest BCUT2D eigenvalue weighted by molar-refractivity contribution is 9.10. The fourth-order valence-corrected chi connectivity index (χ4v) is 3.66. The van der Waals surface area contributed by atoms with E-state index in [2.05, 4.69) is 39.2 Å². The molecule has 0 amide bonds. The predicted octanol–water partition coefficient (Wildman–Crippen LogP) is 2.99. The Balaban J connectivity index is 2.03. The van der Waals surface area contributed by atoms with Crippen LogP contribution in [-0.4, -0.2) is 24.0 Å². The Morgan fingerprint density at radius 3 is 3.07 bits per heavy atom. The van der Waals surface area contributed by atoms with E-state index in [9.17, 15) is 0 Å². The summed E-state index contributed by atoms with van der Waals surface area (Å²) in [5.74, 6) is 0. The Hall–Kier alpha value is 0.1000. The van der Waals surface area contributed by atoms with E-state index in [1.54, 1.807) is 0 Å². The van der Waals surface area contributed by atoms with Gasteiger partial charge >= 0.3 is 0 Å². The van der Waals surface area contributed by atoms with Gasteiger partial charge in [0.25, 0.3) is 0 Å². The molecule has 84 valence electrons. The monoisotopic (exact) mass is 288 g/mol. The lowest BCUT2D eigenvalue weighted by atomic mass is 10.0. The van der Waals surface area contributed by atoms with Crippen LogP contribution >= 0.6 is 27.3 Å². The fraction of sp³-hybridized carbons (Fsp3) is 0.636. The number of piperidine rings is 1. The molecule has 2 nitrogen and oxygen atoms in total. The molecule has 0 bridgehead atoms. The van der Waals surface area contributed by atoms with Crippen molar-refractivity contribution in [2.45, 2.75) is 31.8 Å². The zero-order chi connectivity index (χ0) is 10.8. The maximum Gasteiger partial charge on any atom is 0.0414 e. The highest BCUT2D eigenvalue weighted by Crippen LogP contribution is 2.30. The molecule has 4 heteroatoms. The number of nitrogens with two attached hydrogens (primary N) is 1. The fourth-order valence-electron chi connectivity index (χ4n) is 2.12. The van der Waals surface area contributed by atoms with Crippen LogP contribution in [0.2, 0.25) is 0 Å². The summed E-state index contributed by atoms with van der Waals surface area (Å²) in [5.41, 5.74) is 6.00. The van der Waals surface area contributed by atoms with Crippen LogP contribution in [0, 0.1) is 0 Å². The summed E-state index contributed by atoms with van der Waals surface area (Å²) in [6.45, 7) is 4.50. The van der Waals surface area contributed by atoms with Gasteiger partial charge in [-0.25, -0.2) is 0 Å². The smallest absolute Gasteiger partial charge is 0.0414 e. The first-order valence-electron chi connectivity index (χ1n) is 5.40. The van der Waals surface area contributed by atoms with Crippen molar-refractivity contribution in [3.05, 3.63) is 20.8 Å². The van der Waals surface area contributed by atoms with Crippen molar-refractivity contribution in [2.24, 2.45) is 5.73 Å². The van der Waals surface area contributed by atoms with Gasteiger partial charge in [0.1, 0.15) is 0 Å². The second-order valence-corrected chi connectivity index (χ2v) is 6.10. The van der Waals surface area contributed by atoms with Gasteiger partial charge in [-0.05, 0) is 48.3 Å². The van der Waals surface area contributed by atoms with Crippen LogP contribution in [0.3, 0.4) is 0 Å². The molecule has 1 aromatic heterocycles. The minimum Gasteiger partial charge on any atom is -0.327 e. The van der Waals surface area contributed by atoms with Crippen molar-refractivity contribution in [3.8, 4) is 0 Å². The van der Waals surface area contributed by atoms with E-state index < -0.39 is 0 Å². The minimum atomic E-state index is 0.365. The van der Waals surface area contributed by atoms with Crippen LogP contribution in [-0.2, 0) is 0 Å². The number of rotatable bonds is 2. The number of hydrogen-bond acceptors (Lipinski definition) is 3. The molecule has 0 radical (unpaired) electrons. The van der Waals surface area contributed by atoms with E-state index in [0.717, 1.165) is 6.54 Å². The summed E-state index contributed by atoms with van der Waals surface area (Å²) in [5, 5.41) is 2.15. The van der Waals surface area contributed by atoms with Crippen LogP contribution in [0.5, 0.6) is 0 Å². The quantitative estimate of drug-likeness (QED) is 0.907. The second-order valence-electron chi connectivity index (χ2n) is 4.24. The van der Waals surface area contributed by atoms with Gasteiger partial charge in [0.05, 0.1) is 0 Å². The average Bonchev–Trinajstić information content (AvgIpc) is 2.64. The summed E-state index contributed by atoms with van der Waals surface area (Å²) in [4.78, 5) is 3.92. The standard InChI is InChI=1S/C11H17BrN2S/c1-8(11-5-9(12)7-15-11)14-4-2-3-10(13)6-14/h5,7-8,10H,2-4,6,13H2,1H3.